The number of benzene rings is 2. The van der Waals surface area contributed by atoms with Gasteiger partial charge in [0.1, 0.15) is 0 Å². The Kier molecular flexibility index (Phi) is 3.89. The zero-order chi connectivity index (χ0) is 13.0. The van der Waals surface area contributed by atoms with Gasteiger partial charge in [-0.15, -0.1) is 0 Å². The molecule has 3 N–H and O–H groups in total. The minimum Gasteiger partial charge on any atom is -0.481 e. The number of para-hydroxylation sites is 1. The van der Waals surface area contributed by atoms with E-state index in [1.54, 1.807) is 11.8 Å². The maximum Gasteiger partial charge on any atom is 0.307 e. The van der Waals surface area contributed by atoms with Crippen LogP contribution in [0.5, 0.6) is 0 Å². The van der Waals surface area contributed by atoms with Gasteiger partial charge < -0.3 is 10.8 Å². The maximum absolute atomic E-state index is 10.6. The third kappa shape index (κ3) is 3.28. The Bertz CT molecular complexity index is 552. The molecule has 0 heterocycles. The number of carbonyl (C=O) groups is 1. The van der Waals surface area contributed by atoms with Crippen molar-refractivity contribution < 1.29 is 9.90 Å². The van der Waals surface area contributed by atoms with Crippen LogP contribution in [0.25, 0.3) is 0 Å². The summed E-state index contributed by atoms with van der Waals surface area (Å²) in [5, 5.41) is 8.69. The summed E-state index contributed by atoms with van der Waals surface area (Å²) in [7, 11) is 0. The third-order valence-corrected chi connectivity index (χ3v) is 3.53. The number of hydrogen-bond donors (Lipinski definition) is 2. The molecular formula is C14H13NO2S. The topological polar surface area (TPSA) is 63.3 Å². The van der Waals surface area contributed by atoms with Gasteiger partial charge in [-0.25, -0.2) is 0 Å². The van der Waals surface area contributed by atoms with E-state index >= 15 is 0 Å². The first-order chi connectivity index (χ1) is 8.65. The van der Waals surface area contributed by atoms with Crippen molar-refractivity contribution in [3.63, 3.8) is 0 Å². The molecule has 0 saturated heterocycles. The van der Waals surface area contributed by atoms with Crippen molar-refractivity contribution in [1.82, 2.24) is 0 Å². The van der Waals surface area contributed by atoms with E-state index in [-0.39, 0.29) is 6.42 Å². The van der Waals surface area contributed by atoms with E-state index in [1.807, 2.05) is 48.5 Å². The molecule has 0 unspecified atom stereocenters. The van der Waals surface area contributed by atoms with E-state index in [0.717, 1.165) is 21.0 Å². The van der Waals surface area contributed by atoms with Gasteiger partial charge in [-0.3, -0.25) is 4.79 Å². The normalized spacial score (nSPS) is 10.2. The molecule has 0 saturated carbocycles. The number of nitrogen functional groups attached to an aromatic ring is 1. The molecule has 3 nitrogen and oxygen atoms in total. The van der Waals surface area contributed by atoms with Gasteiger partial charge in [0, 0.05) is 15.5 Å². The molecule has 4 heteroatoms. The lowest BCUT2D eigenvalue weighted by molar-refractivity contribution is -0.136. The lowest BCUT2D eigenvalue weighted by Crippen LogP contribution is -1.99. The summed E-state index contributed by atoms with van der Waals surface area (Å²) in [4.78, 5) is 12.6. The van der Waals surface area contributed by atoms with Gasteiger partial charge in [0.25, 0.3) is 0 Å². The first-order valence-electron chi connectivity index (χ1n) is 5.48. The molecule has 2 aromatic rings. The highest BCUT2D eigenvalue weighted by molar-refractivity contribution is 7.99. The average molecular weight is 259 g/mol. The molecule has 0 aromatic heterocycles. The van der Waals surface area contributed by atoms with Gasteiger partial charge in [0.05, 0.1) is 6.42 Å². The molecule has 0 spiro atoms. The van der Waals surface area contributed by atoms with Gasteiger partial charge in [-0.2, -0.15) is 0 Å². The number of nitrogens with two attached hydrogens (primary N) is 1. The molecule has 0 atom stereocenters. The van der Waals surface area contributed by atoms with E-state index in [1.165, 1.54) is 0 Å². The standard InChI is InChI=1S/C14H13NO2S/c15-12-3-1-2-4-13(12)18-11-7-5-10(6-8-11)9-14(16)17/h1-8H,9,15H2,(H,16,17). The predicted molar refractivity (Wildman–Crippen MR) is 72.8 cm³/mol. The Morgan fingerprint density at radius 3 is 2.39 bits per heavy atom. The van der Waals surface area contributed by atoms with E-state index in [0.29, 0.717) is 0 Å². The van der Waals surface area contributed by atoms with Crippen LogP contribution in [0.2, 0.25) is 0 Å². The van der Waals surface area contributed by atoms with Crippen LogP contribution in [0.15, 0.2) is 58.3 Å². The summed E-state index contributed by atoms with van der Waals surface area (Å²) in [5.74, 6) is -0.817. The number of carboxylic acids is 1. The summed E-state index contributed by atoms with van der Waals surface area (Å²) < 4.78 is 0. The summed E-state index contributed by atoms with van der Waals surface area (Å²) in [6.07, 6.45) is 0.0540. The second kappa shape index (κ2) is 5.60. The second-order valence-corrected chi connectivity index (χ2v) is 4.97. The maximum atomic E-state index is 10.6. The van der Waals surface area contributed by atoms with E-state index in [9.17, 15) is 4.79 Å². The number of hydrogen-bond acceptors (Lipinski definition) is 3. The fourth-order valence-corrected chi connectivity index (χ4v) is 2.41. The number of carboxylic acid groups (broad SMARTS) is 1. The highest BCUT2D eigenvalue weighted by Crippen LogP contribution is 2.31. The van der Waals surface area contributed by atoms with Crippen molar-refractivity contribution in [2.75, 3.05) is 5.73 Å². The predicted octanol–water partition coefficient (Wildman–Crippen LogP) is 3.05. The summed E-state index contributed by atoms with van der Waals surface area (Å²) in [6, 6.07) is 15.1. The SMILES string of the molecule is Nc1ccccc1Sc1ccc(CC(=O)O)cc1. The van der Waals surface area contributed by atoms with Crippen LogP contribution < -0.4 is 5.73 Å². The van der Waals surface area contributed by atoms with Crippen molar-refractivity contribution in [3.8, 4) is 0 Å². The average Bonchev–Trinajstić information content (AvgIpc) is 2.34. The first-order valence-corrected chi connectivity index (χ1v) is 6.30. The molecule has 2 rings (SSSR count). The highest BCUT2D eigenvalue weighted by Gasteiger charge is 2.03. The summed E-state index contributed by atoms with van der Waals surface area (Å²) in [5.41, 5.74) is 7.41. The van der Waals surface area contributed by atoms with Gasteiger partial charge in [-0.1, -0.05) is 36.0 Å². The van der Waals surface area contributed by atoms with Crippen LogP contribution in [-0.4, -0.2) is 11.1 Å². The molecule has 92 valence electrons. The van der Waals surface area contributed by atoms with Crippen LogP contribution in [0, 0.1) is 0 Å². The van der Waals surface area contributed by atoms with Gasteiger partial charge in [0.15, 0.2) is 0 Å². The molecule has 0 radical (unpaired) electrons. The Morgan fingerprint density at radius 2 is 1.78 bits per heavy atom. The molecular weight excluding hydrogens is 246 g/mol. The molecule has 0 aliphatic heterocycles. The first kappa shape index (κ1) is 12.5. The number of aliphatic carboxylic acids is 1. The zero-order valence-corrected chi connectivity index (χ0v) is 10.5. The van der Waals surface area contributed by atoms with Gasteiger partial charge in [0.2, 0.25) is 0 Å². The van der Waals surface area contributed by atoms with Crippen molar-refractivity contribution in [1.29, 1.82) is 0 Å². The van der Waals surface area contributed by atoms with Crippen molar-refractivity contribution in [2.45, 2.75) is 16.2 Å². The van der Waals surface area contributed by atoms with E-state index in [2.05, 4.69) is 0 Å². The highest BCUT2D eigenvalue weighted by atomic mass is 32.2. The molecule has 0 amide bonds. The van der Waals surface area contributed by atoms with Crippen LogP contribution >= 0.6 is 11.8 Å². The van der Waals surface area contributed by atoms with Crippen LogP contribution in [0.4, 0.5) is 5.69 Å². The van der Waals surface area contributed by atoms with Crippen molar-refractivity contribution in [3.05, 3.63) is 54.1 Å². The Labute approximate surface area is 110 Å². The molecule has 18 heavy (non-hydrogen) atoms. The molecule has 0 bridgehead atoms. The smallest absolute Gasteiger partial charge is 0.307 e. The van der Waals surface area contributed by atoms with Gasteiger partial charge in [-0.05, 0) is 29.8 Å². The van der Waals surface area contributed by atoms with Crippen LogP contribution in [0.3, 0.4) is 0 Å². The van der Waals surface area contributed by atoms with E-state index < -0.39 is 5.97 Å². The molecule has 2 aromatic carbocycles. The zero-order valence-electron chi connectivity index (χ0n) is 9.67. The lowest BCUT2D eigenvalue weighted by Gasteiger charge is -2.05. The molecule has 0 fully saturated rings. The minimum absolute atomic E-state index is 0.0540. The Hall–Kier alpha value is -1.94. The third-order valence-electron chi connectivity index (χ3n) is 2.43. The molecule has 0 aliphatic rings. The van der Waals surface area contributed by atoms with Crippen molar-refractivity contribution >= 4 is 23.4 Å². The van der Waals surface area contributed by atoms with Gasteiger partial charge >= 0.3 is 5.97 Å². The number of anilines is 1. The Morgan fingerprint density at radius 1 is 1.11 bits per heavy atom. The quantitative estimate of drug-likeness (QED) is 0.828. The summed E-state index contributed by atoms with van der Waals surface area (Å²) in [6.45, 7) is 0. The number of rotatable bonds is 4. The summed E-state index contributed by atoms with van der Waals surface area (Å²) >= 11 is 1.57. The largest absolute Gasteiger partial charge is 0.481 e. The van der Waals surface area contributed by atoms with Crippen LogP contribution in [-0.2, 0) is 11.2 Å². The lowest BCUT2D eigenvalue weighted by atomic mass is 10.2. The van der Waals surface area contributed by atoms with Crippen molar-refractivity contribution in [2.24, 2.45) is 0 Å². The molecule has 0 aliphatic carbocycles. The fourth-order valence-electron chi connectivity index (χ4n) is 1.55. The monoisotopic (exact) mass is 259 g/mol. The fraction of sp³-hybridized carbons (Fsp3) is 0.0714. The minimum atomic E-state index is -0.817. The Balaban J connectivity index is 2.11. The van der Waals surface area contributed by atoms with Crippen LogP contribution in [0.1, 0.15) is 5.56 Å². The second-order valence-electron chi connectivity index (χ2n) is 3.85. The van der Waals surface area contributed by atoms with E-state index in [4.69, 9.17) is 10.8 Å².